The summed E-state index contributed by atoms with van der Waals surface area (Å²) in [4.78, 5) is 11.8. The van der Waals surface area contributed by atoms with Crippen molar-refractivity contribution in [3.63, 3.8) is 0 Å². The van der Waals surface area contributed by atoms with Crippen LogP contribution in [0.1, 0.15) is 24.5 Å². The molecule has 0 spiro atoms. The summed E-state index contributed by atoms with van der Waals surface area (Å²) >= 11 is 0. The molecule has 0 aliphatic carbocycles. The first kappa shape index (κ1) is 19.3. The van der Waals surface area contributed by atoms with Crippen molar-refractivity contribution in [3.05, 3.63) is 53.6 Å². The molecule has 6 nitrogen and oxygen atoms in total. The Morgan fingerprint density at radius 1 is 1.08 bits per heavy atom. The van der Waals surface area contributed by atoms with Crippen LogP contribution >= 0.6 is 0 Å². The number of carbonyl (C=O) groups excluding carboxylic acids is 1. The number of hydrazone groups is 1. The van der Waals surface area contributed by atoms with Crippen LogP contribution in [-0.2, 0) is 11.2 Å². The summed E-state index contributed by atoms with van der Waals surface area (Å²) in [6, 6.07) is 13.1. The fraction of sp³-hybridized carbons (Fsp3) is 0.300. The zero-order valence-electron chi connectivity index (χ0n) is 15.3. The van der Waals surface area contributed by atoms with E-state index in [9.17, 15) is 4.79 Å². The summed E-state index contributed by atoms with van der Waals surface area (Å²) in [6.45, 7) is 2.04. The topological polar surface area (TPSA) is 69.2 Å². The summed E-state index contributed by atoms with van der Waals surface area (Å²) in [7, 11) is 3.13. The number of ether oxygens (including phenoxy) is 3. The van der Waals surface area contributed by atoms with E-state index in [0.717, 1.165) is 18.4 Å². The first-order chi connectivity index (χ1) is 12.7. The molecule has 2 aromatic carbocycles. The second-order valence-electron chi connectivity index (χ2n) is 5.59. The quantitative estimate of drug-likeness (QED) is 0.553. The van der Waals surface area contributed by atoms with E-state index in [1.807, 2.05) is 30.3 Å². The van der Waals surface area contributed by atoms with Gasteiger partial charge < -0.3 is 14.2 Å². The van der Waals surface area contributed by atoms with Gasteiger partial charge in [-0.3, -0.25) is 4.79 Å². The first-order valence-corrected chi connectivity index (χ1v) is 8.42. The van der Waals surface area contributed by atoms with E-state index in [1.165, 1.54) is 11.8 Å². The number of methoxy groups -OCH3 is 2. The standard InChI is InChI=1S/C20H24N2O4/c1-4-5-15-6-9-17(10-7-15)26-14-20(23)22-21-13-16-8-11-18(24-2)19(12-16)25-3/h6-13H,4-5,14H2,1-3H3,(H,22,23). The fourth-order valence-corrected chi connectivity index (χ4v) is 2.33. The molecule has 26 heavy (non-hydrogen) atoms. The predicted molar refractivity (Wildman–Crippen MR) is 101 cm³/mol. The molecule has 1 amide bonds. The summed E-state index contributed by atoms with van der Waals surface area (Å²) in [5, 5.41) is 3.92. The fourth-order valence-electron chi connectivity index (χ4n) is 2.33. The van der Waals surface area contributed by atoms with Gasteiger partial charge in [-0.25, -0.2) is 5.43 Å². The van der Waals surface area contributed by atoms with Gasteiger partial charge in [0.2, 0.25) is 0 Å². The van der Waals surface area contributed by atoms with E-state index in [1.54, 1.807) is 26.4 Å². The second-order valence-corrected chi connectivity index (χ2v) is 5.59. The van der Waals surface area contributed by atoms with E-state index in [4.69, 9.17) is 14.2 Å². The highest BCUT2D eigenvalue weighted by atomic mass is 16.5. The number of hydrogen-bond donors (Lipinski definition) is 1. The van der Waals surface area contributed by atoms with Crippen LogP contribution < -0.4 is 19.6 Å². The Morgan fingerprint density at radius 2 is 1.81 bits per heavy atom. The van der Waals surface area contributed by atoms with E-state index in [2.05, 4.69) is 17.5 Å². The molecule has 0 heterocycles. The highest BCUT2D eigenvalue weighted by molar-refractivity contribution is 5.83. The van der Waals surface area contributed by atoms with Crippen molar-refractivity contribution < 1.29 is 19.0 Å². The van der Waals surface area contributed by atoms with Gasteiger partial charge in [-0.15, -0.1) is 0 Å². The summed E-state index contributed by atoms with van der Waals surface area (Å²) < 4.78 is 15.8. The number of aryl methyl sites for hydroxylation is 1. The average Bonchev–Trinajstić information content (AvgIpc) is 2.67. The van der Waals surface area contributed by atoms with Crippen LogP contribution in [0.15, 0.2) is 47.6 Å². The number of benzene rings is 2. The molecule has 0 saturated heterocycles. The molecular weight excluding hydrogens is 332 g/mol. The first-order valence-electron chi connectivity index (χ1n) is 8.42. The molecule has 6 heteroatoms. The summed E-state index contributed by atoms with van der Waals surface area (Å²) in [5.74, 6) is 1.55. The smallest absolute Gasteiger partial charge is 0.277 e. The molecule has 0 atom stereocenters. The van der Waals surface area contributed by atoms with Gasteiger partial charge in [0.05, 0.1) is 20.4 Å². The molecule has 0 saturated carbocycles. The van der Waals surface area contributed by atoms with Gasteiger partial charge in [-0.05, 0) is 47.9 Å². The van der Waals surface area contributed by atoms with Crippen LogP contribution in [-0.4, -0.2) is 32.9 Å². The SMILES string of the molecule is CCCc1ccc(OCC(=O)NN=Cc2ccc(OC)c(OC)c2)cc1. The van der Waals surface area contributed by atoms with E-state index in [-0.39, 0.29) is 12.5 Å². The Labute approximate surface area is 153 Å². The van der Waals surface area contributed by atoms with Gasteiger partial charge in [0.15, 0.2) is 18.1 Å². The third-order valence-electron chi connectivity index (χ3n) is 3.64. The average molecular weight is 356 g/mol. The largest absolute Gasteiger partial charge is 0.493 e. The highest BCUT2D eigenvalue weighted by Crippen LogP contribution is 2.26. The van der Waals surface area contributed by atoms with Crippen LogP contribution in [0.3, 0.4) is 0 Å². The van der Waals surface area contributed by atoms with Crippen LogP contribution in [0.5, 0.6) is 17.2 Å². The van der Waals surface area contributed by atoms with E-state index in [0.29, 0.717) is 17.2 Å². The molecule has 0 fully saturated rings. The maximum absolute atomic E-state index is 11.8. The minimum atomic E-state index is -0.334. The van der Waals surface area contributed by atoms with E-state index < -0.39 is 0 Å². The number of nitrogens with zero attached hydrogens (tertiary/aromatic N) is 1. The zero-order valence-corrected chi connectivity index (χ0v) is 15.3. The lowest BCUT2D eigenvalue weighted by molar-refractivity contribution is -0.123. The molecular formula is C20H24N2O4. The zero-order chi connectivity index (χ0) is 18.8. The van der Waals surface area contributed by atoms with Crippen molar-refractivity contribution in [1.82, 2.24) is 5.43 Å². The van der Waals surface area contributed by atoms with Crippen LogP contribution in [0.4, 0.5) is 0 Å². The van der Waals surface area contributed by atoms with Crippen molar-refractivity contribution >= 4 is 12.1 Å². The summed E-state index contributed by atoms with van der Waals surface area (Å²) in [6.07, 6.45) is 3.66. The van der Waals surface area contributed by atoms with Gasteiger partial charge in [-0.2, -0.15) is 5.10 Å². The maximum atomic E-state index is 11.8. The van der Waals surface area contributed by atoms with Crippen molar-refractivity contribution in [3.8, 4) is 17.2 Å². The molecule has 2 aromatic rings. The molecule has 0 unspecified atom stereocenters. The Hall–Kier alpha value is -3.02. The van der Waals surface area contributed by atoms with Gasteiger partial charge in [0, 0.05) is 0 Å². The van der Waals surface area contributed by atoms with Crippen LogP contribution in [0.2, 0.25) is 0 Å². The molecule has 0 aromatic heterocycles. The molecule has 0 bridgehead atoms. The van der Waals surface area contributed by atoms with E-state index >= 15 is 0 Å². The molecule has 0 aliphatic rings. The molecule has 1 N–H and O–H groups in total. The monoisotopic (exact) mass is 356 g/mol. The third-order valence-corrected chi connectivity index (χ3v) is 3.64. The third kappa shape index (κ3) is 5.81. The van der Waals surface area contributed by atoms with Gasteiger partial charge in [0.25, 0.3) is 5.91 Å². The summed E-state index contributed by atoms with van der Waals surface area (Å²) in [5.41, 5.74) is 4.46. The Morgan fingerprint density at radius 3 is 2.46 bits per heavy atom. The van der Waals surface area contributed by atoms with Gasteiger partial charge >= 0.3 is 0 Å². The number of rotatable bonds is 9. The number of nitrogens with one attached hydrogen (secondary N) is 1. The Balaban J connectivity index is 1.81. The second kappa shape index (κ2) is 10.1. The van der Waals surface area contributed by atoms with Crippen molar-refractivity contribution in [2.45, 2.75) is 19.8 Å². The highest BCUT2D eigenvalue weighted by Gasteiger charge is 2.04. The Kier molecular flexibility index (Phi) is 7.49. The molecule has 0 radical (unpaired) electrons. The molecule has 2 rings (SSSR count). The number of carbonyl (C=O) groups is 1. The lowest BCUT2D eigenvalue weighted by atomic mass is 10.1. The van der Waals surface area contributed by atoms with Crippen molar-refractivity contribution in [1.29, 1.82) is 0 Å². The van der Waals surface area contributed by atoms with Crippen molar-refractivity contribution in [2.75, 3.05) is 20.8 Å². The number of amides is 1. The lowest BCUT2D eigenvalue weighted by Crippen LogP contribution is -2.24. The van der Waals surface area contributed by atoms with Crippen molar-refractivity contribution in [2.24, 2.45) is 5.10 Å². The maximum Gasteiger partial charge on any atom is 0.277 e. The lowest BCUT2D eigenvalue weighted by Gasteiger charge is -2.07. The van der Waals surface area contributed by atoms with Crippen LogP contribution in [0, 0.1) is 0 Å². The predicted octanol–water partition coefficient (Wildman–Crippen LogP) is 3.19. The normalized spacial score (nSPS) is 10.6. The minimum absolute atomic E-state index is 0.101. The molecule has 0 aliphatic heterocycles. The minimum Gasteiger partial charge on any atom is -0.493 e. The number of hydrogen-bond acceptors (Lipinski definition) is 5. The molecule has 138 valence electrons. The van der Waals surface area contributed by atoms with Crippen LogP contribution in [0.25, 0.3) is 0 Å². The van der Waals surface area contributed by atoms with Gasteiger partial charge in [0.1, 0.15) is 5.75 Å². The van der Waals surface area contributed by atoms with Gasteiger partial charge in [-0.1, -0.05) is 25.5 Å². The Bertz CT molecular complexity index is 742.